The van der Waals surface area contributed by atoms with E-state index < -0.39 is 32.5 Å². The first kappa shape index (κ1) is 17.6. The first-order valence-electron chi connectivity index (χ1n) is 5.61. The number of hydrogen-bond acceptors (Lipinski definition) is 4. The van der Waals surface area contributed by atoms with E-state index in [1.54, 1.807) is 6.92 Å². The van der Waals surface area contributed by atoms with Crippen LogP contribution in [0.25, 0.3) is 0 Å². The molecular formula is C11H11ClF3NO4S. The van der Waals surface area contributed by atoms with Crippen molar-refractivity contribution >= 4 is 31.3 Å². The van der Waals surface area contributed by atoms with Gasteiger partial charge in [0.05, 0.1) is 6.61 Å². The molecule has 0 fully saturated rings. The van der Waals surface area contributed by atoms with Crippen molar-refractivity contribution in [1.82, 2.24) is 0 Å². The lowest BCUT2D eigenvalue weighted by atomic mass is 10.3. The standard InChI is InChI=1S/C11H11ClF3NO4S/c1-2-20-8-4-3-7(5-9(8)21(12,18)19)16-10(17)6-11(13,14)15/h3-5H,2,6H2,1H3,(H,16,17). The smallest absolute Gasteiger partial charge is 0.397 e. The zero-order valence-electron chi connectivity index (χ0n) is 10.7. The SMILES string of the molecule is CCOc1ccc(NC(=O)CC(F)(F)F)cc1S(=O)(=O)Cl. The molecule has 10 heteroatoms. The molecule has 21 heavy (non-hydrogen) atoms. The van der Waals surface area contributed by atoms with E-state index in [0.717, 1.165) is 6.07 Å². The summed E-state index contributed by atoms with van der Waals surface area (Å²) in [5.74, 6) is -1.37. The molecule has 0 radical (unpaired) electrons. The number of nitrogens with one attached hydrogen (secondary N) is 1. The van der Waals surface area contributed by atoms with Crippen LogP contribution in [0.2, 0.25) is 0 Å². The molecule has 0 aliphatic carbocycles. The van der Waals surface area contributed by atoms with Crippen LogP contribution in [0.15, 0.2) is 23.1 Å². The van der Waals surface area contributed by atoms with E-state index in [0.29, 0.717) is 0 Å². The minimum absolute atomic E-state index is 0.0543. The third-order valence-electron chi connectivity index (χ3n) is 2.15. The predicted molar refractivity (Wildman–Crippen MR) is 70.0 cm³/mol. The van der Waals surface area contributed by atoms with Gasteiger partial charge < -0.3 is 10.1 Å². The van der Waals surface area contributed by atoms with Crippen molar-refractivity contribution in [2.75, 3.05) is 11.9 Å². The number of alkyl halides is 3. The highest BCUT2D eigenvalue weighted by Crippen LogP contribution is 2.30. The molecule has 0 saturated heterocycles. The largest absolute Gasteiger partial charge is 0.492 e. The summed E-state index contributed by atoms with van der Waals surface area (Å²) in [6, 6.07) is 3.34. The Morgan fingerprint density at radius 3 is 2.48 bits per heavy atom. The highest BCUT2D eigenvalue weighted by atomic mass is 35.7. The molecule has 118 valence electrons. The molecule has 0 aliphatic heterocycles. The normalized spacial score (nSPS) is 12.0. The Labute approximate surface area is 123 Å². The van der Waals surface area contributed by atoms with Gasteiger partial charge in [-0.2, -0.15) is 13.2 Å². The Bertz CT molecular complexity index is 631. The molecule has 1 aromatic carbocycles. The van der Waals surface area contributed by atoms with Crippen LogP contribution in [-0.2, 0) is 13.8 Å². The van der Waals surface area contributed by atoms with Crippen molar-refractivity contribution in [3.8, 4) is 5.75 Å². The average molecular weight is 346 g/mol. The third-order valence-corrected chi connectivity index (χ3v) is 3.49. The van der Waals surface area contributed by atoms with Crippen molar-refractivity contribution in [2.24, 2.45) is 0 Å². The number of halogens is 4. The summed E-state index contributed by atoms with van der Waals surface area (Å²) >= 11 is 0. The number of anilines is 1. The number of amides is 1. The van der Waals surface area contributed by atoms with Gasteiger partial charge in [-0.3, -0.25) is 4.79 Å². The molecule has 5 nitrogen and oxygen atoms in total. The highest BCUT2D eigenvalue weighted by molar-refractivity contribution is 8.13. The van der Waals surface area contributed by atoms with Gasteiger partial charge in [-0.25, -0.2) is 8.42 Å². The van der Waals surface area contributed by atoms with Crippen LogP contribution in [0, 0.1) is 0 Å². The second kappa shape index (κ2) is 6.52. The van der Waals surface area contributed by atoms with Gasteiger partial charge >= 0.3 is 6.18 Å². The van der Waals surface area contributed by atoms with Gasteiger partial charge in [0.15, 0.2) is 0 Å². The van der Waals surface area contributed by atoms with Crippen LogP contribution in [0.3, 0.4) is 0 Å². The monoisotopic (exact) mass is 345 g/mol. The van der Waals surface area contributed by atoms with Gasteiger partial charge in [-0.15, -0.1) is 0 Å². The van der Waals surface area contributed by atoms with E-state index in [-0.39, 0.29) is 18.0 Å². The third kappa shape index (κ3) is 5.80. The summed E-state index contributed by atoms with van der Waals surface area (Å²) in [4.78, 5) is 10.7. The minimum atomic E-state index is -4.66. The quantitative estimate of drug-likeness (QED) is 0.833. The fourth-order valence-electron chi connectivity index (χ4n) is 1.44. The topological polar surface area (TPSA) is 72.5 Å². The summed E-state index contributed by atoms with van der Waals surface area (Å²) in [5.41, 5.74) is -0.132. The van der Waals surface area contributed by atoms with Crippen LogP contribution >= 0.6 is 10.7 Å². The Balaban J connectivity index is 3.04. The molecule has 0 atom stereocenters. The Hall–Kier alpha value is -1.48. The van der Waals surface area contributed by atoms with E-state index in [1.165, 1.54) is 12.1 Å². The second-order valence-corrected chi connectivity index (χ2v) is 6.41. The van der Waals surface area contributed by atoms with E-state index in [1.807, 2.05) is 5.32 Å². The Morgan fingerprint density at radius 2 is 2.00 bits per heavy atom. The van der Waals surface area contributed by atoms with Crippen LogP contribution in [0.5, 0.6) is 5.75 Å². The molecule has 0 unspecified atom stereocenters. The first-order valence-corrected chi connectivity index (χ1v) is 7.92. The van der Waals surface area contributed by atoms with E-state index in [4.69, 9.17) is 15.4 Å². The Morgan fingerprint density at radius 1 is 1.38 bits per heavy atom. The molecule has 0 saturated carbocycles. The summed E-state index contributed by atoms with van der Waals surface area (Å²) in [6.07, 6.45) is -6.33. The lowest BCUT2D eigenvalue weighted by Gasteiger charge is -2.11. The van der Waals surface area contributed by atoms with Gasteiger partial charge in [0.1, 0.15) is 17.1 Å². The van der Waals surface area contributed by atoms with Crippen molar-refractivity contribution < 1.29 is 31.1 Å². The fraction of sp³-hybridized carbons (Fsp3) is 0.364. The maximum atomic E-state index is 12.0. The van der Waals surface area contributed by atoms with Crippen molar-refractivity contribution in [3.05, 3.63) is 18.2 Å². The zero-order chi connectivity index (χ0) is 16.3. The summed E-state index contributed by atoms with van der Waals surface area (Å²) in [5, 5.41) is 1.94. The fourth-order valence-corrected chi connectivity index (χ4v) is 2.44. The summed E-state index contributed by atoms with van der Waals surface area (Å²) < 4.78 is 64.0. The van der Waals surface area contributed by atoms with Gasteiger partial charge in [0.25, 0.3) is 9.05 Å². The minimum Gasteiger partial charge on any atom is -0.492 e. The Kier molecular flexibility index (Phi) is 5.46. The number of hydrogen-bond donors (Lipinski definition) is 1. The van der Waals surface area contributed by atoms with Gasteiger partial charge in [0.2, 0.25) is 5.91 Å². The molecule has 1 aromatic rings. The lowest BCUT2D eigenvalue weighted by Crippen LogP contribution is -2.21. The molecule has 1 N–H and O–H groups in total. The number of benzene rings is 1. The maximum absolute atomic E-state index is 12.0. The number of rotatable bonds is 5. The second-order valence-electron chi connectivity index (χ2n) is 3.87. The molecule has 0 aromatic heterocycles. The van der Waals surface area contributed by atoms with Gasteiger partial charge in [-0.05, 0) is 25.1 Å². The molecule has 0 spiro atoms. The summed E-state index contributed by atoms with van der Waals surface area (Å²) in [7, 11) is 1.04. The van der Waals surface area contributed by atoms with Crippen molar-refractivity contribution in [1.29, 1.82) is 0 Å². The van der Waals surface area contributed by atoms with Crippen LogP contribution in [0.1, 0.15) is 13.3 Å². The number of carbonyl (C=O) groups excluding carboxylic acids is 1. The lowest BCUT2D eigenvalue weighted by molar-refractivity contribution is -0.150. The maximum Gasteiger partial charge on any atom is 0.397 e. The molecular weight excluding hydrogens is 335 g/mol. The molecule has 0 bridgehead atoms. The predicted octanol–water partition coefficient (Wildman–Crippen LogP) is 2.90. The van der Waals surface area contributed by atoms with E-state index >= 15 is 0 Å². The van der Waals surface area contributed by atoms with Gasteiger partial charge in [-0.1, -0.05) is 0 Å². The van der Waals surface area contributed by atoms with Crippen molar-refractivity contribution in [3.63, 3.8) is 0 Å². The van der Waals surface area contributed by atoms with E-state index in [2.05, 4.69) is 0 Å². The molecule has 1 rings (SSSR count). The first-order chi connectivity index (χ1) is 9.53. The molecule has 1 amide bonds. The zero-order valence-corrected chi connectivity index (χ0v) is 12.3. The van der Waals surface area contributed by atoms with Crippen LogP contribution in [0.4, 0.5) is 18.9 Å². The average Bonchev–Trinajstić information content (AvgIpc) is 2.27. The number of carbonyl (C=O) groups is 1. The van der Waals surface area contributed by atoms with Crippen LogP contribution < -0.4 is 10.1 Å². The molecule has 0 aliphatic rings. The van der Waals surface area contributed by atoms with Crippen LogP contribution in [-0.4, -0.2) is 27.1 Å². The van der Waals surface area contributed by atoms with E-state index in [9.17, 15) is 26.4 Å². The number of ether oxygens (including phenoxy) is 1. The highest BCUT2D eigenvalue weighted by Gasteiger charge is 2.31. The van der Waals surface area contributed by atoms with Crippen molar-refractivity contribution in [2.45, 2.75) is 24.4 Å². The molecule has 0 heterocycles. The summed E-state index contributed by atoms with van der Waals surface area (Å²) in [6.45, 7) is 1.78. The van der Waals surface area contributed by atoms with Gasteiger partial charge in [0, 0.05) is 16.4 Å².